The third kappa shape index (κ3) is 8.06. The van der Waals surface area contributed by atoms with E-state index >= 15 is 0 Å². The van der Waals surface area contributed by atoms with Crippen molar-refractivity contribution in [1.29, 1.82) is 0 Å². The van der Waals surface area contributed by atoms with E-state index in [4.69, 9.17) is 14.2 Å². The first-order chi connectivity index (χ1) is 10.3. The summed E-state index contributed by atoms with van der Waals surface area (Å²) in [5.74, 6) is 0.406. The molecule has 0 saturated heterocycles. The van der Waals surface area contributed by atoms with Crippen molar-refractivity contribution in [2.75, 3.05) is 40.1 Å². The number of hydrogen-bond donors (Lipinski definition) is 0. The van der Waals surface area contributed by atoms with Gasteiger partial charge in [-0.2, -0.15) is 0 Å². The van der Waals surface area contributed by atoms with Crippen LogP contribution in [0.25, 0.3) is 0 Å². The zero-order valence-electron chi connectivity index (χ0n) is 12.1. The molecule has 0 amide bonds. The highest BCUT2D eigenvalue weighted by molar-refractivity contribution is 5.74. The van der Waals surface area contributed by atoms with E-state index in [1.807, 2.05) is 0 Å². The lowest BCUT2D eigenvalue weighted by Crippen LogP contribution is -2.12. The summed E-state index contributed by atoms with van der Waals surface area (Å²) in [6.45, 7) is 2.05. The van der Waals surface area contributed by atoms with Gasteiger partial charge in [0.05, 0.1) is 40.0 Å². The van der Waals surface area contributed by atoms with Gasteiger partial charge >= 0.3 is 5.97 Å². The van der Waals surface area contributed by atoms with Crippen molar-refractivity contribution in [3.63, 3.8) is 0 Å². The molecule has 0 heterocycles. The lowest BCUT2D eigenvalue weighted by molar-refractivity contribution is -0.141. The largest absolute Gasteiger partial charge is 0.491 e. The molecule has 0 aromatic heterocycles. The SMILES string of the molecule is COC(=O)CCOCCOCCOc1ccc(C=O)cc1. The van der Waals surface area contributed by atoms with Crippen LogP contribution in [-0.2, 0) is 19.0 Å². The Morgan fingerprint density at radius 3 is 2.24 bits per heavy atom. The molecule has 116 valence electrons. The maximum Gasteiger partial charge on any atom is 0.307 e. The highest BCUT2D eigenvalue weighted by Crippen LogP contribution is 2.10. The van der Waals surface area contributed by atoms with E-state index < -0.39 is 0 Å². The molecule has 6 heteroatoms. The minimum atomic E-state index is -0.287. The van der Waals surface area contributed by atoms with E-state index in [0.717, 1.165) is 6.29 Å². The lowest BCUT2D eigenvalue weighted by Gasteiger charge is -2.07. The van der Waals surface area contributed by atoms with Crippen LogP contribution in [-0.4, -0.2) is 52.4 Å². The van der Waals surface area contributed by atoms with Gasteiger partial charge in [0, 0.05) is 5.56 Å². The van der Waals surface area contributed by atoms with Crippen molar-refractivity contribution in [2.24, 2.45) is 0 Å². The topological polar surface area (TPSA) is 71.1 Å². The molecule has 0 radical (unpaired) electrons. The zero-order valence-corrected chi connectivity index (χ0v) is 12.1. The molecule has 6 nitrogen and oxygen atoms in total. The Balaban J connectivity index is 1.94. The van der Waals surface area contributed by atoms with Crippen LogP contribution in [0.5, 0.6) is 5.75 Å². The number of rotatable bonds is 11. The Labute approximate surface area is 123 Å². The number of hydrogen-bond acceptors (Lipinski definition) is 6. The van der Waals surface area contributed by atoms with E-state index in [9.17, 15) is 9.59 Å². The Bertz CT molecular complexity index is 415. The van der Waals surface area contributed by atoms with Gasteiger partial charge in [-0.25, -0.2) is 0 Å². The summed E-state index contributed by atoms with van der Waals surface area (Å²) in [4.78, 5) is 21.3. The van der Waals surface area contributed by atoms with Crippen LogP contribution < -0.4 is 4.74 Å². The summed E-state index contributed by atoms with van der Waals surface area (Å²) < 4.78 is 20.4. The van der Waals surface area contributed by atoms with Crippen molar-refractivity contribution in [3.05, 3.63) is 29.8 Å². The van der Waals surface area contributed by atoms with Crippen LogP contribution in [0.1, 0.15) is 16.8 Å². The fraction of sp³-hybridized carbons (Fsp3) is 0.467. The molecule has 0 bridgehead atoms. The minimum absolute atomic E-state index is 0.246. The second-order valence-electron chi connectivity index (χ2n) is 4.09. The molecular weight excluding hydrogens is 276 g/mol. The highest BCUT2D eigenvalue weighted by Gasteiger charge is 1.99. The first-order valence-electron chi connectivity index (χ1n) is 6.66. The van der Waals surface area contributed by atoms with Crippen LogP contribution in [0.15, 0.2) is 24.3 Å². The van der Waals surface area contributed by atoms with Crippen LogP contribution in [0, 0.1) is 0 Å². The summed E-state index contributed by atoms with van der Waals surface area (Å²) in [6, 6.07) is 6.86. The van der Waals surface area contributed by atoms with Crippen molar-refractivity contribution in [1.82, 2.24) is 0 Å². The smallest absolute Gasteiger partial charge is 0.307 e. The van der Waals surface area contributed by atoms with Gasteiger partial charge in [0.25, 0.3) is 0 Å². The normalized spacial score (nSPS) is 10.1. The fourth-order valence-electron chi connectivity index (χ4n) is 1.44. The van der Waals surface area contributed by atoms with Crippen molar-refractivity contribution < 1.29 is 28.5 Å². The lowest BCUT2D eigenvalue weighted by atomic mass is 10.2. The number of aldehydes is 1. The van der Waals surface area contributed by atoms with Gasteiger partial charge in [-0.1, -0.05) is 0 Å². The Hall–Kier alpha value is -1.92. The van der Waals surface area contributed by atoms with Crippen LogP contribution in [0.2, 0.25) is 0 Å². The number of methoxy groups -OCH3 is 1. The first kappa shape index (κ1) is 17.1. The maximum atomic E-state index is 10.8. The van der Waals surface area contributed by atoms with Crippen molar-refractivity contribution in [3.8, 4) is 5.75 Å². The second-order valence-corrected chi connectivity index (χ2v) is 4.09. The maximum absolute atomic E-state index is 10.8. The summed E-state index contributed by atoms with van der Waals surface area (Å²) in [6.07, 6.45) is 1.03. The average Bonchev–Trinajstić information content (AvgIpc) is 2.53. The molecule has 0 aliphatic heterocycles. The van der Waals surface area contributed by atoms with Crippen LogP contribution >= 0.6 is 0 Å². The average molecular weight is 296 g/mol. The second kappa shape index (κ2) is 10.8. The van der Waals surface area contributed by atoms with Crippen molar-refractivity contribution >= 4 is 12.3 Å². The molecule has 0 unspecified atom stereocenters. The molecule has 21 heavy (non-hydrogen) atoms. The van der Waals surface area contributed by atoms with Gasteiger partial charge in [0.1, 0.15) is 18.6 Å². The highest BCUT2D eigenvalue weighted by atomic mass is 16.5. The minimum Gasteiger partial charge on any atom is -0.491 e. The molecule has 0 aliphatic rings. The van der Waals surface area contributed by atoms with Gasteiger partial charge < -0.3 is 18.9 Å². The zero-order chi connectivity index (χ0) is 15.3. The number of carbonyl (C=O) groups is 2. The molecule has 0 atom stereocenters. The first-order valence-corrected chi connectivity index (χ1v) is 6.66. The monoisotopic (exact) mass is 296 g/mol. The summed E-state index contributed by atoms with van der Waals surface area (Å²) in [5.41, 5.74) is 0.614. The summed E-state index contributed by atoms with van der Waals surface area (Å²) in [5, 5.41) is 0. The number of ether oxygens (including phenoxy) is 4. The molecular formula is C15H20O6. The fourth-order valence-corrected chi connectivity index (χ4v) is 1.44. The van der Waals surface area contributed by atoms with Crippen LogP contribution in [0.3, 0.4) is 0 Å². The van der Waals surface area contributed by atoms with E-state index in [0.29, 0.717) is 44.3 Å². The molecule has 1 rings (SSSR count). The van der Waals surface area contributed by atoms with Gasteiger partial charge in [-0.15, -0.1) is 0 Å². The Kier molecular flexibility index (Phi) is 8.83. The van der Waals surface area contributed by atoms with Gasteiger partial charge in [0.15, 0.2) is 0 Å². The Morgan fingerprint density at radius 2 is 1.62 bits per heavy atom. The summed E-state index contributed by atoms with van der Waals surface area (Å²) >= 11 is 0. The molecule has 0 N–H and O–H groups in total. The molecule has 0 aliphatic carbocycles. The molecule has 0 spiro atoms. The predicted molar refractivity (Wildman–Crippen MR) is 75.6 cm³/mol. The van der Waals surface area contributed by atoms with E-state index in [2.05, 4.69) is 4.74 Å². The Morgan fingerprint density at radius 1 is 1.00 bits per heavy atom. The van der Waals surface area contributed by atoms with E-state index in [-0.39, 0.29) is 12.4 Å². The standard InChI is InChI=1S/C15H20O6/c1-18-15(17)6-7-19-8-9-20-10-11-21-14-4-2-13(12-16)3-5-14/h2-5,12H,6-11H2,1H3. The van der Waals surface area contributed by atoms with Gasteiger partial charge in [-0.05, 0) is 24.3 Å². The number of esters is 1. The van der Waals surface area contributed by atoms with Gasteiger partial charge in [-0.3, -0.25) is 9.59 Å². The number of benzene rings is 1. The quantitative estimate of drug-likeness (QED) is 0.350. The van der Waals surface area contributed by atoms with E-state index in [1.54, 1.807) is 24.3 Å². The van der Waals surface area contributed by atoms with Crippen LogP contribution in [0.4, 0.5) is 0 Å². The third-order valence-corrected chi connectivity index (χ3v) is 2.56. The molecule has 0 saturated carbocycles. The summed E-state index contributed by atoms with van der Waals surface area (Å²) in [7, 11) is 1.35. The number of carbonyl (C=O) groups excluding carboxylic acids is 2. The van der Waals surface area contributed by atoms with E-state index in [1.165, 1.54) is 7.11 Å². The molecule has 1 aromatic carbocycles. The predicted octanol–water partition coefficient (Wildman–Crippen LogP) is 1.47. The van der Waals surface area contributed by atoms with Gasteiger partial charge in [0.2, 0.25) is 0 Å². The van der Waals surface area contributed by atoms with Crippen molar-refractivity contribution in [2.45, 2.75) is 6.42 Å². The molecule has 1 aromatic rings. The molecule has 0 fully saturated rings. The third-order valence-electron chi connectivity index (χ3n) is 2.56.